The van der Waals surface area contributed by atoms with E-state index in [2.05, 4.69) is 14.7 Å². The van der Waals surface area contributed by atoms with Crippen LogP contribution in [0.15, 0.2) is 146 Å². The first kappa shape index (κ1) is 73.6. The Morgan fingerprint density at radius 3 is 0.814 bits per heavy atom. The normalized spacial score (nSPS) is 14.4. The standard InChI is InChI=1S/C56H46N4O8.C16H32O8.BF4/c1-5-65-53(61)39-21-9-33(10-22-39)43-29-30-44(34-11-23-40(24-12-34)54(62)66-6-2)48-47(43)57-51(58-48)37-17-19-38(20-18-37)52-59-49-45(35-13-25-41(26-14-35)55(63)67-7-3)31-32-46(50(49)60-52)36-15-27-42(28-16-36)56(64)68-8-4;1-2-18-5-6-20-9-10-22-13-14-24-16-15-23-12-11-21-8-7-19-4-3-17-1;2-1(3,4)5/h9-32H,5-8H2,1-4H3,(H,57,58)(H,59,60);1-16H2;/q;;-1/p+1. The Morgan fingerprint density at radius 2 is 0.567 bits per heavy atom. The van der Waals surface area contributed by atoms with Gasteiger partial charge < -0.3 is 84.1 Å². The van der Waals surface area contributed by atoms with Gasteiger partial charge >= 0.3 is 31.1 Å². The van der Waals surface area contributed by atoms with Crippen LogP contribution in [0.3, 0.4) is 0 Å². The van der Waals surface area contributed by atoms with Crippen molar-refractivity contribution in [2.24, 2.45) is 0 Å². The lowest BCUT2D eigenvalue weighted by atomic mass is 9.97. The van der Waals surface area contributed by atoms with E-state index in [0.717, 1.165) is 77.7 Å². The van der Waals surface area contributed by atoms with Crippen molar-refractivity contribution in [1.82, 2.24) is 19.9 Å². The topological polar surface area (TPSA) is 240 Å². The van der Waals surface area contributed by atoms with E-state index >= 15 is 0 Å². The molecule has 1 aliphatic rings. The van der Waals surface area contributed by atoms with Crippen LogP contribution in [0.4, 0.5) is 17.3 Å². The average molecular weight is 1340 g/mol. The fourth-order valence-electron chi connectivity index (χ4n) is 9.98. The number of aliphatic hydroxyl groups is 2. The van der Waals surface area contributed by atoms with Gasteiger partial charge in [0, 0.05) is 33.4 Å². The second kappa shape index (κ2) is 38.5. The Labute approximate surface area is 559 Å². The van der Waals surface area contributed by atoms with Crippen molar-refractivity contribution in [2.45, 2.75) is 27.7 Å². The second-order valence-corrected chi connectivity index (χ2v) is 21.2. The first-order valence-electron chi connectivity index (χ1n) is 32.0. The number of carbonyl (C=O) groups is 4. The number of aromatic nitrogens is 4. The summed E-state index contributed by atoms with van der Waals surface area (Å²) in [6.07, 6.45) is 0. The first-order valence-corrected chi connectivity index (χ1v) is 32.0. The molecule has 0 saturated carbocycles. The van der Waals surface area contributed by atoms with Gasteiger partial charge in [-0.15, -0.1) is 0 Å². The molecule has 0 spiro atoms. The number of nitrogens with zero attached hydrogens (tertiary/aromatic N) is 2. The zero-order chi connectivity index (χ0) is 68.8. The summed E-state index contributed by atoms with van der Waals surface area (Å²) in [4.78, 5) is 67.4. The van der Waals surface area contributed by atoms with Gasteiger partial charge in [0.15, 0.2) is 13.2 Å². The number of benzene rings is 7. The number of ether oxygens (including phenoxy) is 12. The Kier molecular flexibility index (Phi) is 29.3. The van der Waals surface area contributed by atoms with E-state index in [9.17, 15) is 36.4 Å². The number of esters is 4. The zero-order valence-electron chi connectivity index (χ0n) is 54.6. The van der Waals surface area contributed by atoms with Gasteiger partial charge in [-0.25, -0.2) is 29.1 Å². The maximum absolute atomic E-state index is 12.5. The molecule has 20 nitrogen and oxygen atoms in total. The van der Waals surface area contributed by atoms with Crippen LogP contribution in [0.25, 0.3) is 89.4 Å². The van der Waals surface area contributed by atoms with Gasteiger partial charge in [0.25, 0.3) is 0 Å². The van der Waals surface area contributed by atoms with Gasteiger partial charge in [-0.2, -0.15) is 0 Å². The fourth-order valence-corrected chi connectivity index (χ4v) is 9.98. The van der Waals surface area contributed by atoms with Gasteiger partial charge in [0.05, 0.1) is 150 Å². The van der Waals surface area contributed by atoms with Gasteiger partial charge in [-0.3, -0.25) is 0 Å². The molecule has 514 valence electrons. The van der Waals surface area contributed by atoms with Crippen LogP contribution in [0.2, 0.25) is 0 Å². The third-order valence-electron chi connectivity index (χ3n) is 14.6. The van der Waals surface area contributed by atoms with Crippen molar-refractivity contribution < 1.29 is 93.3 Å². The molecule has 9 aromatic rings. The predicted molar refractivity (Wildman–Crippen MR) is 360 cm³/mol. The number of halogens is 4. The van der Waals surface area contributed by atoms with E-state index in [-0.39, 0.29) is 50.3 Å². The van der Waals surface area contributed by atoms with Crippen LogP contribution in [-0.4, -0.2) is 188 Å². The Hall–Kier alpha value is -9.18. The van der Waals surface area contributed by atoms with Crippen LogP contribution in [-0.2, 0) is 52.1 Å². The quantitative estimate of drug-likeness (QED) is 0.0338. The molecule has 1 aliphatic heterocycles. The number of hydrogen-bond acceptors (Lipinski definition) is 17. The van der Waals surface area contributed by atoms with E-state index in [1.54, 1.807) is 76.2 Å². The predicted octanol–water partition coefficient (Wildman–Crippen LogP) is 13.1. The minimum Gasteiger partial charge on any atom is -0.462 e. The highest BCUT2D eigenvalue weighted by atomic mass is 19.5. The molecule has 0 radical (unpaired) electrons. The first-order chi connectivity index (χ1) is 47.2. The van der Waals surface area contributed by atoms with Crippen molar-refractivity contribution in [2.75, 3.05) is 132 Å². The van der Waals surface area contributed by atoms with Crippen molar-refractivity contribution in [3.8, 4) is 67.3 Å². The molecule has 3 N–H and O–H groups in total. The average Bonchev–Trinajstić information content (AvgIpc) is 1.64. The van der Waals surface area contributed by atoms with Gasteiger partial charge in [0.2, 0.25) is 0 Å². The molecule has 3 heterocycles. The molecule has 25 heteroatoms. The van der Waals surface area contributed by atoms with Crippen LogP contribution in [0.5, 0.6) is 0 Å². The molecule has 0 bridgehead atoms. The number of rotatable bonds is 14. The highest BCUT2D eigenvalue weighted by Crippen LogP contribution is 2.39. The molecule has 2 aromatic heterocycles. The molecule has 1 fully saturated rings. The third kappa shape index (κ3) is 22.4. The lowest BCUT2D eigenvalue weighted by Crippen LogP contribution is -2.17. The number of nitrogens with one attached hydrogen (secondary N) is 2. The van der Waals surface area contributed by atoms with E-state index in [4.69, 9.17) is 62.1 Å². The van der Waals surface area contributed by atoms with E-state index in [1.165, 1.54) is 0 Å². The zero-order valence-corrected chi connectivity index (χ0v) is 54.6. The van der Waals surface area contributed by atoms with Crippen molar-refractivity contribution in [3.63, 3.8) is 0 Å². The highest BCUT2D eigenvalue weighted by Gasteiger charge is 2.22. The summed E-state index contributed by atoms with van der Waals surface area (Å²) in [5.41, 5.74) is 13.5. The molecule has 0 atom stereocenters. The van der Waals surface area contributed by atoms with Crippen molar-refractivity contribution in [1.29, 1.82) is 0 Å². The summed E-state index contributed by atoms with van der Waals surface area (Å²) in [7, 11) is -6.00. The molecule has 0 amide bonds. The van der Waals surface area contributed by atoms with Crippen molar-refractivity contribution >= 4 is 53.2 Å². The lowest BCUT2D eigenvalue weighted by Gasteiger charge is -2.09. The van der Waals surface area contributed by atoms with Crippen LogP contribution < -0.4 is 0 Å². The summed E-state index contributed by atoms with van der Waals surface area (Å²) < 4.78 is 102. The Bertz CT molecular complexity index is 3390. The van der Waals surface area contributed by atoms with E-state index in [1.807, 2.05) is 97.1 Å². The van der Waals surface area contributed by atoms with Crippen LogP contribution in [0.1, 0.15) is 69.1 Å². The summed E-state index contributed by atoms with van der Waals surface area (Å²) in [6.45, 7) is 17.6. The maximum Gasteiger partial charge on any atom is 0.673 e. The summed E-state index contributed by atoms with van der Waals surface area (Å²) in [5.74, 6) is -0.263. The van der Waals surface area contributed by atoms with E-state index < -0.39 is 7.25 Å². The molecule has 7 aromatic carbocycles. The maximum atomic E-state index is 12.5. The summed E-state index contributed by atoms with van der Waals surface area (Å²) in [5, 5.41) is 0. The minimum atomic E-state index is -6.00. The van der Waals surface area contributed by atoms with Gasteiger partial charge in [-0.1, -0.05) is 97.1 Å². The smallest absolute Gasteiger partial charge is 0.462 e. The molecule has 0 unspecified atom stereocenters. The van der Waals surface area contributed by atoms with Crippen LogP contribution >= 0.6 is 0 Å². The number of fused-ring (bicyclic) bond motifs is 2. The number of imidazole rings is 2. The third-order valence-corrected chi connectivity index (χ3v) is 14.6. The number of H-pyrrole nitrogens is 2. The summed E-state index contributed by atoms with van der Waals surface area (Å²) in [6, 6.07) is 45.2. The highest BCUT2D eigenvalue weighted by molar-refractivity contribution is 6.50. The van der Waals surface area contributed by atoms with Crippen molar-refractivity contribution in [3.05, 3.63) is 168 Å². The monoisotopic (exact) mass is 1340 g/mol. The lowest BCUT2D eigenvalue weighted by molar-refractivity contribution is -0.0978. The molecule has 97 heavy (non-hydrogen) atoms. The molecule has 10 rings (SSSR count). The molecule has 0 aliphatic carbocycles. The number of aromatic amines is 2. The largest absolute Gasteiger partial charge is 0.673 e. The number of hydrogen-bond donors (Lipinski definition) is 2. The van der Waals surface area contributed by atoms with E-state index in [0.29, 0.717) is 140 Å². The molecule has 1 saturated heterocycles. The van der Waals surface area contributed by atoms with Gasteiger partial charge in [0.1, 0.15) is 24.9 Å². The van der Waals surface area contributed by atoms with Gasteiger partial charge in [-0.05, 0) is 98.5 Å². The fraction of sp³-hybridized carbons (Fsp3) is 0.333. The minimum absolute atomic E-state index is 0.284. The second-order valence-electron chi connectivity index (χ2n) is 21.2. The SMILES string of the molecule is C1COCCOCCOCC[OH+]CCOCCOCCOCCO1.CCOC(=O)c1ccc(-c2ccc(-c3ccc(C(=O)OCC)cc3)c3[nH]c(-c4ccc(-c5nc6c(-c7ccc(C(=O)OCC)cc7)ccc(-c7ccc(C(=O)OCC)cc7)c6[nH]5)cc4)nc23)cc1.F[B-](F)(F)F. The van der Waals surface area contributed by atoms with Crippen LogP contribution in [0, 0.1) is 0 Å². The Morgan fingerprint density at radius 1 is 0.351 bits per heavy atom. The Balaban J connectivity index is 0.000000346. The molecular formula is C72H79BF4N4O16. The molecular weight excluding hydrogens is 1260 g/mol. The summed E-state index contributed by atoms with van der Waals surface area (Å²) >= 11 is 0. The number of carbonyl (C=O) groups excluding carboxylic acids is 4.